The van der Waals surface area contributed by atoms with Gasteiger partial charge in [-0.15, -0.1) is 0 Å². The highest BCUT2D eigenvalue weighted by Gasteiger charge is 2.26. The van der Waals surface area contributed by atoms with Crippen LogP contribution in [0, 0.1) is 0 Å². The van der Waals surface area contributed by atoms with Crippen LogP contribution < -0.4 is 20.1 Å². The van der Waals surface area contributed by atoms with Crippen molar-refractivity contribution in [1.82, 2.24) is 10.6 Å². The van der Waals surface area contributed by atoms with Crippen molar-refractivity contribution in [1.29, 1.82) is 0 Å². The standard InChI is InChI=1S/C15H22N2O3/c1-10(17-14(18)15(2,3)16-4)11-5-6-12-13(9-11)20-8-7-19-12/h5-6,9-10,16H,7-8H2,1-4H3,(H,17,18). The van der Waals surface area contributed by atoms with Gasteiger partial charge in [-0.3, -0.25) is 4.79 Å². The highest BCUT2D eigenvalue weighted by Crippen LogP contribution is 2.32. The summed E-state index contributed by atoms with van der Waals surface area (Å²) in [6.07, 6.45) is 0. The van der Waals surface area contributed by atoms with Crippen molar-refractivity contribution >= 4 is 5.91 Å². The van der Waals surface area contributed by atoms with Gasteiger partial charge in [0.25, 0.3) is 0 Å². The van der Waals surface area contributed by atoms with E-state index in [2.05, 4.69) is 10.6 Å². The molecule has 0 bridgehead atoms. The monoisotopic (exact) mass is 278 g/mol. The number of rotatable bonds is 4. The predicted octanol–water partition coefficient (Wildman–Crippen LogP) is 1.63. The maximum atomic E-state index is 12.1. The van der Waals surface area contributed by atoms with E-state index in [0.29, 0.717) is 13.2 Å². The smallest absolute Gasteiger partial charge is 0.240 e. The highest BCUT2D eigenvalue weighted by molar-refractivity contribution is 5.85. The van der Waals surface area contributed by atoms with Crippen LogP contribution >= 0.6 is 0 Å². The fourth-order valence-corrected chi connectivity index (χ4v) is 1.90. The van der Waals surface area contributed by atoms with Gasteiger partial charge in [-0.2, -0.15) is 0 Å². The first-order chi connectivity index (χ1) is 9.44. The molecular formula is C15H22N2O3. The van der Waals surface area contributed by atoms with Gasteiger partial charge in [0.15, 0.2) is 11.5 Å². The molecule has 5 heteroatoms. The molecule has 0 radical (unpaired) electrons. The highest BCUT2D eigenvalue weighted by atomic mass is 16.6. The minimum absolute atomic E-state index is 0.0395. The Labute approximate surface area is 119 Å². The van der Waals surface area contributed by atoms with Crippen molar-refractivity contribution in [3.05, 3.63) is 23.8 Å². The third-order valence-electron chi connectivity index (χ3n) is 3.61. The molecule has 110 valence electrons. The van der Waals surface area contributed by atoms with Gasteiger partial charge < -0.3 is 20.1 Å². The van der Waals surface area contributed by atoms with Crippen LogP contribution in [0.25, 0.3) is 0 Å². The Balaban J connectivity index is 2.10. The van der Waals surface area contributed by atoms with Crippen LogP contribution in [0.2, 0.25) is 0 Å². The molecule has 1 aromatic carbocycles. The first kappa shape index (κ1) is 14.7. The molecule has 1 heterocycles. The van der Waals surface area contributed by atoms with Crippen LogP contribution in [0.15, 0.2) is 18.2 Å². The van der Waals surface area contributed by atoms with E-state index in [1.54, 1.807) is 7.05 Å². The van der Waals surface area contributed by atoms with E-state index in [-0.39, 0.29) is 11.9 Å². The number of hydrogen-bond donors (Lipinski definition) is 2. The minimum Gasteiger partial charge on any atom is -0.486 e. The van der Waals surface area contributed by atoms with Crippen LogP contribution in [0.1, 0.15) is 32.4 Å². The quantitative estimate of drug-likeness (QED) is 0.879. The second kappa shape index (κ2) is 5.71. The average Bonchev–Trinajstić information content (AvgIpc) is 2.46. The fourth-order valence-electron chi connectivity index (χ4n) is 1.90. The zero-order valence-corrected chi connectivity index (χ0v) is 12.4. The number of carbonyl (C=O) groups excluding carboxylic acids is 1. The molecule has 1 aliphatic rings. The number of fused-ring (bicyclic) bond motifs is 1. The van der Waals surface area contributed by atoms with Crippen LogP contribution in [-0.2, 0) is 4.79 Å². The van der Waals surface area contributed by atoms with Crippen molar-refractivity contribution in [3.63, 3.8) is 0 Å². The number of hydrogen-bond acceptors (Lipinski definition) is 4. The van der Waals surface area contributed by atoms with Crippen molar-refractivity contribution in [2.75, 3.05) is 20.3 Å². The van der Waals surface area contributed by atoms with Gasteiger partial charge in [-0.25, -0.2) is 0 Å². The lowest BCUT2D eigenvalue weighted by Crippen LogP contribution is -2.51. The Kier molecular flexibility index (Phi) is 4.18. The van der Waals surface area contributed by atoms with Crippen molar-refractivity contribution in [2.24, 2.45) is 0 Å². The molecule has 2 N–H and O–H groups in total. The molecule has 0 saturated heterocycles. The molecule has 0 aromatic heterocycles. The van der Waals surface area contributed by atoms with Crippen LogP contribution in [-0.4, -0.2) is 31.7 Å². The van der Waals surface area contributed by atoms with E-state index in [9.17, 15) is 4.79 Å². The molecule has 2 rings (SSSR count). The van der Waals surface area contributed by atoms with Gasteiger partial charge in [-0.1, -0.05) is 6.07 Å². The summed E-state index contributed by atoms with van der Waals surface area (Å²) in [6.45, 7) is 6.78. The van der Waals surface area contributed by atoms with Gasteiger partial charge in [0, 0.05) is 0 Å². The lowest BCUT2D eigenvalue weighted by Gasteiger charge is -2.26. The molecule has 1 unspecified atom stereocenters. The lowest BCUT2D eigenvalue weighted by molar-refractivity contribution is -0.126. The largest absolute Gasteiger partial charge is 0.486 e. The van der Waals surface area contributed by atoms with Crippen molar-refractivity contribution in [3.8, 4) is 11.5 Å². The second-order valence-electron chi connectivity index (χ2n) is 5.47. The Bertz CT molecular complexity index is 500. The van der Waals surface area contributed by atoms with Gasteiger partial charge in [0.2, 0.25) is 5.91 Å². The number of amides is 1. The van der Waals surface area contributed by atoms with Gasteiger partial charge >= 0.3 is 0 Å². The Morgan fingerprint density at radius 2 is 1.90 bits per heavy atom. The van der Waals surface area contributed by atoms with E-state index < -0.39 is 5.54 Å². The molecule has 0 saturated carbocycles. The second-order valence-corrected chi connectivity index (χ2v) is 5.47. The Hall–Kier alpha value is -1.75. The van der Waals surface area contributed by atoms with Gasteiger partial charge in [-0.05, 0) is 45.5 Å². The summed E-state index contributed by atoms with van der Waals surface area (Å²) in [6, 6.07) is 5.66. The maximum Gasteiger partial charge on any atom is 0.240 e. The van der Waals surface area contributed by atoms with Crippen LogP contribution in [0.5, 0.6) is 11.5 Å². The Morgan fingerprint density at radius 3 is 2.55 bits per heavy atom. The summed E-state index contributed by atoms with van der Waals surface area (Å²) in [5.74, 6) is 1.46. The minimum atomic E-state index is -0.595. The summed E-state index contributed by atoms with van der Waals surface area (Å²) in [4.78, 5) is 12.1. The number of carbonyl (C=O) groups is 1. The third kappa shape index (κ3) is 3.04. The number of nitrogens with one attached hydrogen (secondary N) is 2. The summed E-state index contributed by atoms with van der Waals surface area (Å²) >= 11 is 0. The molecule has 20 heavy (non-hydrogen) atoms. The molecule has 1 aromatic rings. The number of likely N-dealkylation sites (N-methyl/N-ethyl adjacent to an activating group) is 1. The van der Waals surface area contributed by atoms with Crippen molar-refractivity contribution in [2.45, 2.75) is 32.4 Å². The van der Waals surface area contributed by atoms with E-state index in [1.165, 1.54) is 0 Å². The molecule has 1 atom stereocenters. The molecule has 1 aliphatic heterocycles. The van der Waals surface area contributed by atoms with E-state index in [4.69, 9.17) is 9.47 Å². The zero-order valence-electron chi connectivity index (χ0n) is 12.4. The average molecular weight is 278 g/mol. The summed E-state index contributed by atoms with van der Waals surface area (Å²) < 4.78 is 11.0. The normalized spacial score (nSPS) is 15.6. The number of ether oxygens (including phenoxy) is 2. The van der Waals surface area contributed by atoms with E-state index in [0.717, 1.165) is 17.1 Å². The Morgan fingerprint density at radius 1 is 1.25 bits per heavy atom. The number of benzene rings is 1. The van der Waals surface area contributed by atoms with Crippen LogP contribution in [0.3, 0.4) is 0 Å². The zero-order chi connectivity index (χ0) is 14.8. The molecule has 5 nitrogen and oxygen atoms in total. The first-order valence-corrected chi connectivity index (χ1v) is 6.83. The predicted molar refractivity (Wildman–Crippen MR) is 77.1 cm³/mol. The molecule has 1 amide bonds. The van der Waals surface area contributed by atoms with Crippen molar-refractivity contribution < 1.29 is 14.3 Å². The fraction of sp³-hybridized carbons (Fsp3) is 0.533. The molecular weight excluding hydrogens is 256 g/mol. The lowest BCUT2D eigenvalue weighted by atomic mass is 10.0. The molecule has 0 fully saturated rings. The van der Waals surface area contributed by atoms with Gasteiger partial charge in [0.05, 0.1) is 11.6 Å². The first-order valence-electron chi connectivity index (χ1n) is 6.83. The molecule has 0 spiro atoms. The summed E-state index contributed by atoms with van der Waals surface area (Å²) in [5.41, 5.74) is 0.400. The van der Waals surface area contributed by atoms with E-state index in [1.807, 2.05) is 39.0 Å². The summed E-state index contributed by atoms with van der Waals surface area (Å²) in [7, 11) is 1.77. The summed E-state index contributed by atoms with van der Waals surface area (Å²) in [5, 5.41) is 5.99. The van der Waals surface area contributed by atoms with Gasteiger partial charge in [0.1, 0.15) is 13.2 Å². The third-order valence-corrected chi connectivity index (χ3v) is 3.61. The SMILES string of the molecule is CNC(C)(C)C(=O)NC(C)c1ccc2c(c1)OCCO2. The molecule has 0 aliphatic carbocycles. The van der Waals surface area contributed by atoms with E-state index >= 15 is 0 Å². The maximum absolute atomic E-state index is 12.1. The topological polar surface area (TPSA) is 59.6 Å². The van der Waals surface area contributed by atoms with Crippen LogP contribution in [0.4, 0.5) is 0 Å².